The fourth-order valence-corrected chi connectivity index (χ4v) is 4.48. The van der Waals surface area contributed by atoms with Gasteiger partial charge in [0.15, 0.2) is 0 Å². The number of carboxylic acid groups (broad SMARTS) is 1. The SMILES string of the molecule is CN(C)c1nc(NC2CCC(NC(=O)c3cccc(C[C@H](N)C(=O)O)c3)CC2)nc2ccccc12. The predicted octanol–water partition coefficient (Wildman–Crippen LogP) is 2.80. The van der Waals surface area contributed by atoms with E-state index < -0.39 is 12.0 Å². The summed E-state index contributed by atoms with van der Waals surface area (Å²) in [5.74, 6) is 0.291. The minimum absolute atomic E-state index is 0.0836. The van der Waals surface area contributed by atoms with Crippen LogP contribution in [-0.4, -0.2) is 59.2 Å². The lowest BCUT2D eigenvalue weighted by atomic mass is 9.91. The number of nitrogens with two attached hydrogens (primary N) is 1. The Labute approximate surface area is 204 Å². The van der Waals surface area contributed by atoms with E-state index in [0.29, 0.717) is 11.5 Å². The lowest BCUT2D eigenvalue weighted by Gasteiger charge is -2.30. The van der Waals surface area contributed by atoms with E-state index in [0.717, 1.165) is 48.0 Å². The first-order chi connectivity index (χ1) is 16.8. The van der Waals surface area contributed by atoms with Gasteiger partial charge in [-0.15, -0.1) is 0 Å². The molecule has 9 nitrogen and oxygen atoms in total. The zero-order valence-electron chi connectivity index (χ0n) is 20.1. The Balaban J connectivity index is 1.33. The van der Waals surface area contributed by atoms with Crippen molar-refractivity contribution in [3.8, 4) is 0 Å². The normalized spacial score (nSPS) is 18.6. The molecule has 1 amide bonds. The van der Waals surface area contributed by atoms with E-state index in [1.54, 1.807) is 24.3 Å². The number of nitrogens with one attached hydrogen (secondary N) is 2. The lowest BCUT2D eigenvalue weighted by molar-refractivity contribution is -0.138. The highest BCUT2D eigenvalue weighted by Gasteiger charge is 2.24. The Hall–Kier alpha value is -3.72. The monoisotopic (exact) mass is 476 g/mol. The van der Waals surface area contributed by atoms with Crippen LogP contribution in [0, 0.1) is 0 Å². The molecular formula is C26H32N6O3. The van der Waals surface area contributed by atoms with Crippen LogP contribution >= 0.6 is 0 Å². The maximum atomic E-state index is 12.8. The Bertz CT molecular complexity index is 1210. The number of amides is 1. The Morgan fingerprint density at radius 3 is 2.49 bits per heavy atom. The van der Waals surface area contributed by atoms with Crippen LogP contribution in [0.25, 0.3) is 10.9 Å². The van der Waals surface area contributed by atoms with Gasteiger partial charge in [0.2, 0.25) is 5.95 Å². The molecule has 1 aliphatic carbocycles. The number of hydrogen-bond donors (Lipinski definition) is 4. The number of nitrogens with zero attached hydrogens (tertiary/aromatic N) is 3. The smallest absolute Gasteiger partial charge is 0.320 e. The molecule has 0 unspecified atom stereocenters. The molecule has 0 bridgehead atoms. The summed E-state index contributed by atoms with van der Waals surface area (Å²) in [6.45, 7) is 0. The van der Waals surface area contributed by atoms with Gasteiger partial charge in [-0.1, -0.05) is 24.3 Å². The summed E-state index contributed by atoms with van der Waals surface area (Å²) in [7, 11) is 3.95. The molecule has 0 saturated heterocycles. The van der Waals surface area contributed by atoms with Crippen LogP contribution in [0.15, 0.2) is 48.5 Å². The number of aromatic nitrogens is 2. The van der Waals surface area contributed by atoms with E-state index in [1.165, 1.54) is 0 Å². The van der Waals surface area contributed by atoms with Crippen molar-refractivity contribution in [3.63, 3.8) is 0 Å². The third-order valence-corrected chi connectivity index (χ3v) is 6.36. The summed E-state index contributed by atoms with van der Waals surface area (Å²) >= 11 is 0. The number of rotatable bonds is 8. The van der Waals surface area contributed by atoms with Crippen LogP contribution in [0.4, 0.5) is 11.8 Å². The Morgan fingerprint density at radius 1 is 1.06 bits per heavy atom. The molecule has 0 spiro atoms. The van der Waals surface area contributed by atoms with Crippen molar-refractivity contribution in [1.29, 1.82) is 0 Å². The average Bonchev–Trinajstić information content (AvgIpc) is 2.84. The number of carboxylic acids is 1. The molecule has 3 aromatic rings. The second-order valence-electron chi connectivity index (χ2n) is 9.30. The summed E-state index contributed by atoms with van der Waals surface area (Å²) in [6.07, 6.45) is 3.67. The van der Waals surface area contributed by atoms with Gasteiger partial charge in [0.05, 0.1) is 5.52 Å². The minimum Gasteiger partial charge on any atom is -0.480 e. The van der Waals surface area contributed by atoms with Gasteiger partial charge in [-0.2, -0.15) is 4.98 Å². The van der Waals surface area contributed by atoms with Crippen LogP contribution in [0.3, 0.4) is 0 Å². The average molecular weight is 477 g/mol. The molecule has 35 heavy (non-hydrogen) atoms. The van der Waals surface area contributed by atoms with Gasteiger partial charge in [-0.3, -0.25) is 9.59 Å². The van der Waals surface area contributed by atoms with Crippen molar-refractivity contribution in [2.24, 2.45) is 5.73 Å². The molecule has 1 fully saturated rings. The fourth-order valence-electron chi connectivity index (χ4n) is 4.48. The number of benzene rings is 2. The summed E-state index contributed by atoms with van der Waals surface area (Å²) in [5.41, 5.74) is 7.77. The fraction of sp³-hybridized carbons (Fsp3) is 0.385. The molecule has 4 rings (SSSR count). The first kappa shape index (κ1) is 24.4. The van der Waals surface area contributed by atoms with Gasteiger partial charge >= 0.3 is 5.97 Å². The van der Waals surface area contributed by atoms with Crippen molar-refractivity contribution < 1.29 is 14.7 Å². The van der Waals surface area contributed by atoms with Gasteiger partial charge in [0, 0.05) is 37.1 Å². The van der Waals surface area contributed by atoms with Crippen molar-refractivity contribution in [2.45, 2.75) is 50.2 Å². The second kappa shape index (κ2) is 10.7. The molecule has 2 aromatic carbocycles. The number of para-hydroxylation sites is 1. The molecule has 1 atom stereocenters. The van der Waals surface area contributed by atoms with Gasteiger partial charge in [-0.25, -0.2) is 4.98 Å². The van der Waals surface area contributed by atoms with Crippen LogP contribution in [0.1, 0.15) is 41.6 Å². The number of anilines is 2. The zero-order chi connectivity index (χ0) is 24.9. The number of hydrogen-bond acceptors (Lipinski definition) is 7. The van der Waals surface area contributed by atoms with E-state index in [2.05, 4.69) is 10.6 Å². The maximum Gasteiger partial charge on any atom is 0.320 e. The molecular weight excluding hydrogens is 444 g/mol. The maximum absolute atomic E-state index is 12.8. The first-order valence-electron chi connectivity index (χ1n) is 11.9. The minimum atomic E-state index is -1.06. The quantitative estimate of drug-likeness (QED) is 0.390. The van der Waals surface area contributed by atoms with E-state index in [1.807, 2.05) is 43.3 Å². The van der Waals surface area contributed by atoms with E-state index in [9.17, 15) is 9.59 Å². The van der Waals surface area contributed by atoms with Crippen molar-refractivity contribution >= 4 is 34.5 Å². The molecule has 1 heterocycles. The second-order valence-corrected chi connectivity index (χ2v) is 9.30. The molecule has 1 saturated carbocycles. The molecule has 5 N–H and O–H groups in total. The Morgan fingerprint density at radius 2 is 1.77 bits per heavy atom. The number of carbonyl (C=O) groups excluding carboxylic acids is 1. The largest absolute Gasteiger partial charge is 0.480 e. The van der Waals surface area contributed by atoms with Gasteiger partial charge < -0.3 is 26.4 Å². The molecule has 184 valence electrons. The summed E-state index contributed by atoms with van der Waals surface area (Å²) < 4.78 is 0. The van der Waals surface area contributed by atoms with E-state index in [-0.39, 0.29) is 24.4 Å². The standard InChI is InChI=1S/C26H32N6O3/c1-32(2)23-20-8-3-4-9-22(20)30-26(31-23)29-19-12-10-18(11-13-19)28-24(33)17-7-5-6-16(14-17)15-21(27)25(34)35/h3-9,14,18-19,21H,10-13,15,27H2,1-2H3,(H,28,33)(H,34,35)(H,29,30,31)/t18?,19?,21-/m0/s1. The highest BCUT2D eigenvalue weighted by molar-refractivity contribution is 5.94. The topological polar surface area (TPSA) is 133 Å². The van der Waals surface area contributed by atoms with Crippen molar-refractivity contribution in [3.05, 3.63) is 59.7 Å². The third kappa shape index (κ3) is 6.05. The van der Waals surface area contributed by atoms with Crippen LogP contribution in [0.2, 0.25) is 0 Å². The van der Waals surface area contributed by atoms with Gasteiger partial charge in [0.1, 0.15) is 11.9 Å². The first-order valence-corrected chi connectivity index (χ1v) is 11.9. The van der Waals surface area contributed by atoms with Crippen molar-refractivity contribution in [2.75, 3.05) is 24.3 Å². The predicted molar refractivity (Wildman–Crippen MR) is 137 cm³/mol. The number of aliphatic carboxylic acids is 1. The summed E-state index contributed by atoms with van der Waals surface area (Å²) in [6, 6.07) is 14.3. The lowest BCUT2D eigenvalue weighted by Crippen LogP contribution is -2.40. The van der Waals surface area contributed by atoms with Gasteiger partial charge in [-0.05, 0) is 61.9 Å². The van der Waals surface area contributed by atoms with Crippen LogP contribution in [0.5, 0.6) is 0 Å². The zero-order valence-corrected chi connectivity index (χ0v) is 20.1. The number of carbonyl (C=O) groups is 2. The Kier molecular flexibility index (Phi) is 7.45. The highest BCUT2D eigenvalue weighted by Crippen LogP contribution is 2.26. The molecule has 1 aliphatic rings. The highest BCUT2D eigenvalue weighted by atomic mass is 16.4. The van der Waals surface area contributed by atoms with E-state index >= 15 is 0 Å². The molecule has 0 radical (unpaired) electrons. The molecule has 1 aromatic heterocycles. The van der Waals surface area contributed by atoms with E-state index in [4.69, 9.17) is 20.8 Å². The van der Waals surface area contributed by atoms with Crippen LogP contribution < -0.4 is 21.3 Å². The van der Waals surface area contributed by atoms with Crippen LogP contribution in [-0.2, 0) is 11.2 Å². The van der Waals surface area contributed by atoms with Crippen molar-refractivity contribution in [1.82, 2.24) is 15.3 Å². The third-order valence-electron chi connectivity index (χ3n) is 6.36. The molecule has 0 aliphatic heterocycles. The molecule has 9 heteroatoms. The summed E-state index contributed by atoms with van der Waals surface area (Å²) in [4.78, 5) is 35.2. The van der Waals surface area contributed by atoms with Gasteiger partial charge in [0.25, 0.3) is 5.91 Å². The summed E-state index contributed by atoms with van der Waals surface area (Å²) in [5, 5.41) is 16.6. The number of fused-ring (bicyclic) bond motifs is 1.